The van der Waals surface area contributed by atoms with E-state index in [1.807, 2.05) is 65.3 Å². The molecule has 0 radical (unpaired) electrons. The summed E-state index contributed by atoms with van der Waals surface area (Å²) in [6, 6.07) is 30.0. The molecule has 0 saturated heterocycles. The lowest BCUT2D eigenvalue weighted by molar-refractivity contribution is 0.163. The molecule has 0 amide bonds. The van der Waals surface area contributed by atoms with E-state index in [0.29, 0.717) is 31.0 Å². The van der Waals surface area contributed by atoms with E-state index in [1.165, 1.54) is 29.8 Å². The van der Waals surface area contributed by atoms with Crippen molar-refractivity contribution >= 4 is 0 Å². The number of aromatic nitrogens is 10. The van der Waals surface area contributed by atoms with Crippen molar-refractivity contribution in [1.82, 2.24) is 60.2 Å². The predicted molar refractivity (Wildman–Crippen MR) is 188 cm³/mol. The van der Waals surface area contributed by atoms with Gasteiger partial charge in [-0.15, -0.1) is 10.2 Å². The highest BCUT2D eigenvalue weighted by molar-refractivity contribution is 5.29. The average Bonchev–Trinajstić information content (AvgIpc) is 3.87. The number of tetrazole rings is 2. The molecule has 12 nitrogen and oxygen atoms in total. The van der Waals surface area contributed by atoms with Gasteiger partial charge in [-0.1, -0.05) is 72.8 Å². The fraction of sp³-hybridized carbons (Fsp3) is 0.211. The summed E-state index contributed by atoms with van der Waals surface area (Å²) < 4.78 is 44.2. The Morgan fingerprint density at radius 2 is 0.943 bits per heavy atom. The molecule has 268 valence electrons. The van der Waals surface area contributed by atoms with Gasteiger partial charge in [0.25, 0.3) is 0 Å². The van der Waals surface area contributed by atoms with E-state index in [-0.39, 0.29) is 17.9 Å². The second kappa shape index (κ2) is 16.9. The third-order valence-electron chi connectivity index (χ3n) is 8.86. The molecule has 2 aliphatic heterocycles. The summed E-state index contributed by atoms with van der Waals surface area (Å²) in [5.74, 6) is -0.0387. The number of halogens is 3. The summed E-state index contributed by atoms with van der Waals surface area (Å²) in [4.78, 5) is 11.9. The number of hydrogen-bond donors (Lipinski definition) is 0. The van der Waals surface area contributed by atoms with Gasteiger partial charge < -0.3 is 0 Å². The summed E-state index contributed by atoms with van der Waals surface area (Å²) in [5, 5.41) is 23.8. The minimum Gasteiger partial charge on any atom is -0.284 e. The number of hydrogen-bond acceptors (Lipinski definition) is 10. The molecule has 0 spiro atoms. The average molecular weight is 717 g/mol. The van der Waals surface area contributed by atoms with Crippen molar-refractivity contribution in [3.05, 3.63) is 179 Å². The quantitative estimate of drug-likeness (QED) is 0.220. The molecule has 3 aromatic heterocycles. The Balaban J connectivity index is 0.000000142. The van der Waals surface area contributed by atoms with Crippen LogP contribution in [-0.2, 0) is 26.2 Å². The predicted octanol–water partition coefficient (Wildman–Crippen LogP) is 5.45. The van der Waals surface area contributed by atoms with Crippen LogP contribution in [0.15, 0.2) is 128 Å². The first-order valence-corrected chi connectivity index (χ1v) is 17.0. The minimum absolute atomic E-state index is 0.0699. The summed E-state index contributed by atoms with van der Waals surface area (Å²) >= 11 is 0. The minimum atomic E-state index is -0.603. The van der Waals surface area contributed by atoms with Gasteiger partial charge in [0.05, 0.1) is 25.2 Å². The van der Waals surface area contributed by atoms with Crippen LogP contribution in [0, 0.1) is 17.5 Å². The second-order valence-electron chi connectivity index (χ2n) is 12.4. The van der Waals surface area contributed by atoms with Crippen LogP contribution in [0.1, 0.15) is 46.0 Å². The zero-order valence-corrected chi connectivity index (χ0v) is 28.5. The Kier molecular flexibility index (Phi) is 11.2. The zero-order valence-electron chi connectivity index (χ0n) is 28.5. The highest BCUT2D eigenvalue weighted by atomic mass is 19.1. The van der Waals surface area contributed by atoms with Crippen molar-refractivity contribution in [2.45, 2.75) is 38.3 Å². The Hall–Kier alpha value is -6.19. The molecule has 2 unspecified atom stereocenters. The lowest BCUT2D eigenvalue weighted by Gasteiger charge is -2.34. The maximum Gasteiger partial charge on any atom is 0.173 e. The van der Waals surface area contributed by atoms with Gasteiger partial charge >= 0.3 is 0 Å². The lowest BCUT2D eigenvalue weighted by atomic mass is 10.0. The molecule has 0 N–H and O–H groups in total. The Morgan fingerprint density at radius 3 is 1.40 bits per heavy atom. The van der Waals surface area contributed by atoms with Crippen molar-refractivity contribution < 1.29 is 13.2 Å². The molecule has 2 aliphatic rings. The highest BCUT2D eigenvalue weighted by Crippen LogP contribution is 2.33. The molecular weight excluding hydrogens is 681 g/mol. The molecule has 9 rings (SSSR count). The van der Waals surface area contributed by atoms with E-state index in [9.17, 15) is 13.2 Å². The van der Waals surface area contributed by atoms with Crippen LogP contribution < -0.4 is 0 Å². The molecule has 4 aromatic carbocycles. The Labute approximate surface area is 303 Å². The van der Waals surface area contributed by atoms with E-state index >= 15 is 0 Å². The van der Waals surface area contributed by atoms with Crippen LogP contribution in [0.3, 0.4) is 0 Å². The summed E-state index contributed by atoms with van der Waals surface area (Å²) in [7, 11) is 0. The van der Waals surface area contributed by atoms with Crippen LogP contribution in [0.25, 0.3) is 0 Å². The van der Waals surface area contributed by atoms with Gasteiger partial charge in [-0.3, -0.25) is 19.8 Å². The van der Waals surface area contributed by atoms with Crippen molar-refractivity contribution in [3.63, 3.8) is 0 Å². The molecule has 5 heterocycles. The highest BCUT2D eigenvalue weighted by Gasteiger charge is 2.33. The first kappa shape index (κ1) is 35.2. The molecule has 7 aromatic rings. The lowest BCUT2D eigenvalue weighted by Crippen LogP contribution is -2.39. The van der Waals surface area contributed by atoms with Gasteiger partial charge in [-0.05, 0) is 67.4 Å². The first-order chi connectivity index (χ1) is 26.0. The van der Waals surface area contributed by atoms with Gasteiger partial charge in [-0.2, -0.15) is 0 Å². The zero-order chi connectivity index (χ0) is 36.4. The summed E-state index contributed by atoms with van der Waals surface area (Å²) in [5.41, 5.74) is 3.87. The van der Waals surface area contributed by atoms with Crippen molar-refractivity contribution in [2.24, 2.45) is 0 Å². The molecule has 0 aliphatic carbocycles. The third kappa shape index (κ3) is 8.83. The van der Waals surface area contributed by atoms with Crippen molar-refractivity contribution in [3.8, 4) is 0 Å². The second-order valence-corrected chi connectivity index (χ2v) is 12.4. The van der Waals surface area contributed by atoms with E-state index in [1.54, 1.807) is 29.5 Å². The van der Waals surface area contributed by atoms with E-state index in [0.717, 1.165) is 42.7 Å². The summed E-state index contributed by atoms with van der Waals surface area (Å²) in [6.45, 7) is 4.38. The number of nitrogens with zero attached hydrogens (tertiary/aromatic N) is 12. The van der Waals surface area contributed by atoms with Crippen molar-refractivity contribution in [1.29, 1.82) is 0 Å². The van der Waals surface area contributed by atoms with Gasteiger partial charge in [0, 0.05) is 57.0 Å². The number of rotatable bonds is 6. The van der Waals surface area contributed by atoms with E-state index < -0.39 is 11.6 Å². The molecule has 15 heteroatoms. The maximum absolute atomic E-state index is 13.7. The Bertz CT molecular complexity index is 2120. The summed E-state index contributed by atoms with van der Waals surface area (Å²) in [6.07, 6.45) is 6.56. The normalized spacial score (nSPS) is 16.7. The topological polar surface area (TPSA) is 119 Å². The maximum atomic E-state index is 13.7. The molecule has 2 atom stereocenters. The third-order valence-corrected chi connectivity index (χ3v) is 8.86. The fourth-order valence-electron chi connectivity index (χ4n) is 6.49. The monoisotopic (exact) mass is 716 g/mol. The first-order valence-electron chi connectivity index (χ1n) is 17.0. The number of benzene rings is 4. The molecule has 0 fully saturated rings. The van der Waals surface area contributed by atoms with Crippen LogP contribution in [0.4, 0.5) is 13.2 Å². The molecule has 53 heavy (non-hydrogen) atoms. The Morgan fingerprint density at radius 1 is 0.491 bits per heavy atom. The van der Waals surface area contributed by atoms with Crippen LogP contribution in [0.5, 0.6) is 0 Å². The standard InChI is InChI=1S/C17H15F2N5.C17H16FN5.C4H4N2/c18-14-8-13(9-15(19)10-14)16-17-20-21-22-24(17)7-6-23(16)11-12-4-2-1-3-5-12;18-15-8-6-14(7-9-15)16-17-19-20-21-23(17)11-10-22(16)12-13-4-2-1-3-5-13;1-2-6-4-3-5-1/h1-5,8-10,16H,6-7,11H2;1-9,16H,10-12H2;1-4H. The van der Waals surface area contributed by atoms with Gasteiger partial charge in [-0.25, -0.2) is 22.5 Å². The van der Waals surface area contributed by atoms with Crippen LogP contribution in [-0.4, -0.2) is 73.3 Å². The smallest absolute Gasteiger partial charge is 0.173 e. The molecular formula is C38H35F3N12. The van der Waals surface area contributed by atoms with Gasteiger partial charge in [0.2, 0.25) is 0 Å². The molecule has 0 bridgehead atoms. The van der Waals surface area contributed by atoms with Crippen LogP contribution in [0.2, 0.25) is 0 Å². The largest absolute Gasteiger partial charge is 0.284 e. The van der Waals surface area contributed by atoms with Gasteiger partial charge in [0.15, 0.2) is 11.6 Å². The SMILES string of the molecule is Fc1cc(F)cc(C2c3nnnn3CCN2Cc2ccccc2)c1.Fc1ccc(C2c3nnnn3CCN2Cc2ccccc2)cc1.c1cnccn1. The van der Waals surface area contributed by atoms with Crippen molar-refractivity contribution in [2.75, 3.05) is 13.1 Å². The van der Waals surface area contributed by atoms with E-state index in [4.69, 9.17) is 0 Å². The fourth-order valence-corrected chi connectivity index (χ4v) is 6.49. The number of fused-ring (bicyclic) bond motifs is 2. The van der Waals surface area contributed by atoms with Crippen LogP contribution >= 0.6 is 0 Å². The van der Waals surface area contributed by atoms with E-state index in [2.05, 4.69) is 63.0 Å². The van der Waals surface area contributed by atoms with Gasteiger partial charge in [0.1, 0.15) is 17.5 Å². The molecule has 0 saturated carbocycles.